The van der Waals surface area contributed by atoms with E-state index in [-0.39, 0.29) is 42.1 Å². The number of nitrogens with zero attached hydrogens (tertiary/aromatic N) is 6. The molecule has 9 nitrogen and oxygen atoms in total. The number of halogens is 2. The molecule has 5 aliphatic rings. The zero-order chi connectivity index (χ0) is 35.2. The van der Waals surface area contributed by atoms with Crippen LogP contribution in [0.1, 0.15) is 37.1 Å². The summed E-state index contributed by atoms with van der Waals surface area (Å²) in [7, 11) is 4.16. The number of hydrogen-bond donors (Lipinski definition) is 1. The summed E-state index contributed by atoms with van der Waals surface area (Å²) in [4.78, 5) is 24.5. The van der Waals surface area contributed by atoms with Crippen LogP contribution in [-0.2, 0) is 22.5 Å². The van der Waals surface area contributed by atoms with Crippen LogP contribution >= 0.6 is 0 Å². The van der Waals surface area contributed by atoms with Crippen LogP contribution in [-0.4, -0.2) is 90.3 Å². The highest BCUT2D eigenvalue weighted by Gasteiger charge is 2.49. The predicted molar refractivity (Wildman–Crippen MR) is 194 cm³/mol. The number of carbonyl (C=O) groups is 1. The number of nitriles is 1. The third-order valence-electron chi connectivity index (χ3n) is 12.0. The molecule has 3 atom stereocenters. The molecule has 4 saturated heterocycles. The minimum Gasteiger partial charge on any atom is -0.370 e. The summed E-state index contributed by atoms with van der Waals surface area (Å²) in [6, 6.07) is 17.1. The Morgan fingerprint density at radius 1 is 1.12 bits per heavy atom. The van der Waals surface area contributed by atoms with Crippen LogP contribution in [0.4, 0.5) is 14.6 Å². The van der Waals surface area contributed by atoms with Crippen LogP contribution in [0.3, 0.4) is 0 Å². The first-order valence-electron chi connectivity index (χ1n) is 17.9. The number of fused-ring (bicyclic) bond motifs is 5. The van der Waals surface area contributed by atoms with Crippen molar-refractivity contribution in [3.63, 3.8) is 0 Å². The molecule has 262 valence electrons. The van der Waals surface area contributed by atoms with E-state index in [1.165, 1.54) is 12.1 Å². The lowest BCUT2D eigenvalue weighted by Crippen LogP contribution is -2.67. The highest BCUT2D eigenvalue weighted by Crippen LogP contribution is 2.50. The number of pyridine rings is 1. The SMILES string of the molecule is CN(C)C1(C)CN(c2nc3c(F)c(-c4cccc5ccc(F)cc45)c(CCC#N)cc3c3c2cc(CN2CCOCC2=O)n3[C@H]2[C@H]3CN[C@@H]2C3)C1. The highest BCUT2D eigenvalue weighted by molar-refractivity contribution is 6.12. The summed E-state index contributed by atoms with van der Waals surface area (Å²) in [5.74, 6) is 0.241. The topological polar surface area (TPSA) is 89.7 Å². The first kappa shape index (κ1) is 32.3. The second kappa shape index (κ2) is 12.0. The number of nitrogens with one attached hydrogen (secondary N) is 1. The number of anilines is 1. The van der Waals surface area contributed by atoms with Gasteiger partial charge in [0.1, 0.15) is 23.8 Å². The predicted octanol–water partition coefficient (Wildman–Crippen LogP) is 5.78. The van der Waals surface area contributed by atoms with Crippen LogP contribution in [0.15, 0.2) is 48.5 Å². The molecule has 4 aliphatic heterocycles. The first-order valence-corrected chi connectivity index (χ1v) is 17.9. The Labute approximate surface area is 295 Å². The molecule has 0 radical (unpaired) electrons. The van der Waals surface area contributed by atoms with Gasteiger partial charge in [-0.25, -0.2) is 13.8 Å². The Morgan fingerprint density at radius 3 is 2.69 bits per heavy atom. The van der Waals surface area contributed by atoms with E-state index in [4.69, 9.17) is 9.72 Å². The summed E-state index contributed by atoms with van der Waals surface area (Å²) < 4.78 is 40.3. The number of ether oxygens (including phenoxy) is 1. The number of rotatable bonds is 8. The number of benzene rings is 3. The molecular formula is C40H41F2N7O2. The standard InChI is InChI=1S/C40H41F2N7O2/c1-40(46(2)3)21-48(22-40)39-31-17-27(19-47-12-13-51-20-33(47)50)49(37-25-15-32(37)44-18-25)38(31)30-14-24(7-5-11-43)34(35(42)36(30)45-39)28-8-4-6-23-9-10-26(41)16-29(23)28/h4,6,8-10,14,16-17,25,32,37,44H,5,7,12-13,15,18-22H2,1-3H3/t25-,32-,37+/m1/s1. The van der Waals surface area contributed by atoms with Gasteiger partial charge in [0.15, 0.2) is 5.82 Å². The lowest BCUT2D eigenvalue weighted by Gasteiger charge is -2.52. The van der Waals surface area contributed by atoms with E-state index in [0.29, 0.717) is 59.5 Å². The first-order chi connectivity index (χ1) is 24.6. The summed E-state index contributed by atoms with van der Waals surface area (Å²) in [6.45, 7) is 6.08. The molecule has 2 bridgehead atoms. The van der Waals surface area contributed by atoms with Gasteiger partial charge >= 0.3 is 0 Å². The molecule has 10 rings (SSSR count). The van der Waals surface area contributed by atoms with Crippen molar-refractivity contribution in [3.05, 3.63) is 71.4 Å². The normalized spacial score (nSPS) is 22.6. The van der Waals surface area contributed by atoms with Crippen molar-refractivity contribution in [3.8, 4) is 17.2 Å². The Hall–Kier alpha value is -4.63. The minimum atomic E-state index is -0.469. The second-order valence-corrected chi connectivity index (χ2v) is 15.3. The Kier molecular flexibility index (Phi) is 7.58. The quantitative estimate of drug-likeness (QED) is 0.221. The second-order valence-electron chi connectivity index (χ2n) is 15.3. The van der Waals surface area contributed by atoms with Crippen molar-refractivity contribution in [2.24, 2.45) is 5.92 Å². The average molecular weight is 690 g/mol. The zero-order valence-electron chi connectivity index (χ0n) is 29.2. The van der Waals surface area contributed by atoms with Gasteiger partial charge in [-0.3, -0.25) is 4.79 Å². The van der Waals surface area contributed by atoms with Gasteiger partial charge in [-0.15, -0.1) is 0 Å². The van der Waals surface area contributed by atoms with Crippen molar-refractivity contribution in [1.29, 1.82) is 5.26 Å². The van der Waals surface area contributed by atoms with Crippen LogP contribution in [0.25, 0.3) is 43.7 Å². The fourth-order valence-corrected chi connectivity index (χ4v) is 8.98. The number of amides is 1. The van der Waals surface area contributed by atoms with E-state index in [1.807, 2.05) is 29.2 Å². The Balaban J connectivity index is 1.34. The average Bonchev–Trinajstić information content (AvgIpc) is 3.84. The zero-order valence-corrected chi connectivity index (χ0v) is 29.2. The van der Waals surface area contributed by atoms with Crippen molar-refractivity contribution in [2.75, 3.05) is 58.4 Å². The third-order valence-corrected chi connectivity index (χ3v) is 12.0. The molecule has 1 aliphatic carbocycles. The van der Waals surface area contributed by atoms with Gasteiger partial charge in [-0.1, -0.05) is 24.3 Å². The Bertz CT molecular complexity index is 2270. The molecule has 0 unspecified atom stereocenters. The molecule has 6 heterocycles. The van der Waals surface area contributed by atoms with Crippen molar-refractivity contribution >= 4 is 44.3 Å². The van der Waals surface area contributed by atoms with Crippen LogP contribution in [0.2, 0.25) is 0 Å². The van der Waals surface area contributed by atoms with E-state index >= 15 is 4.39 Å². The number of hydrogen-bond acceptors (Lipinski definition) is 7. The van der Waals surface area contributed by atoms with Gasteiger partial charge in [0.25, 0.3) is 0 Å². The molecule has 1 saturated carbocycles. The van der Waals surface area contributed by atoms with E-state index in [1.54, 1.807) is 6.07 Å². The van der Waals surface area contributed by atoms with Gasteiger partial charge in [-0.2, -0.15) is 5.26 Å². The summed E-state index contributed by atoms with van der Waals surface area (Å²) in [5.41, 5.74) is 3.73. The fraction of sp³-hybridized carbons (Fsp3) is 0.425. The summed E-state index contributed by atoms with van der Waals surface area (Å²) >= 11 is 0. The molecule has 11 heteroatoms. The third kappa shape index (κ3) is 5.02. The van der Waals surface area contributed by atoms with Gasteiger partial charge in [0, 0.05) is 60.7 Å². The molecular weight excluding hydrogens is 648 g/mol. The van der Waals surface area contributed by atoms with Crippen molar-refractivity contribution in [2.45, 2.75) is 50.4 Å². The van der Waals surface area contributed by atoms with Crippen molar-refractivity contribution < 1.29 is 18.3 Å². The molecule has 0 spiro atoms. The summed E-state index contributed by atoms with van der Waals surface area (Å²) in [5, 5.41) is 16.4. The number of likely N-dealkylation sites (N-methyl/N-ethyl adjacent to an activating group) is 1. The molecule has 5 aromatic rings. The maximum absolute atomic E-state index is 17.7. The molecule has 1 N–H and O–H groups in total. The van der Waals surface area contributed by atoms with Gasteiger partial charge in [0.05, 0.1) is 36.3 Å². The van der Waals surface area contributed by atoms with Gasteiger partial charge in [0.2, 0.25) is 5.91 Å². The van der Waals surface area contributed by atoms with Crippen LogP contribution in [0.5, 0.6) is 0 Å². The molecule has 1 amide bonds. The Morgan fingerprint density at radius 2 is 1.96 bits per heavy atom. The summed E-state index contributed by atoms with van der Waals surface area (Å²) in [6.07, 6.45) is 1.60. The number of aromatic nitrogens is 2. The van der Waals surface area contributed by atoms with Gasteiger partial charge < -0.3 is 29.3 Å². The fourth-order valence-electron chi connectivity index (χ4n) is 8.98. The number of aryl methyl sites for hydroxylation is 1. The largest absolute Gasteiger partial charge is 0.370 e. The molecule has 3 aromatic carbocycles. The number of morpholine rings is 1. The minimum absolute atomic E-state index is 0.0403. The number of carbonyl (C=O) groups excluding carboxylic acids is 1. The smallest absolute Gasteiger partial charge is 0.248 e. The van der Waals surface area contributed by atoms with E-state index < -0.39 is 11.6 Å². The lowest BCUT2D eigenvalue weighted by molar-refractivity contribution is -0.143. The highest BCUT2D eigenvalue weighted by atomic mass is 19.1. The monoisotopic (exact) mass is 689 g/mol. The van der Waals surface area contributed by atoms with Gasteiger partial charge in [-0.05, 0) is 85.9 Å². The van der Waals surface area contributed by atoms with E-state index in [9.17, 15) is 14.4 Å². The molecule has 2 aromatic heterocycles. The van der Waals surface area contributed by atoms with E-state index in [0.717, 1.165) is 53.9 Å². The maximum Gasteiger partial charge on any atom is 0.248 e. The van der Waals surface area contributed by atoms with Crippen molar-refractivity contribution in [1.82, 2.24) is 24.7 Å². The van der Waals surface area contributed by atoms with E-state index in [2.05, 4.69) is 52.8 Å². The lowest BCUT2D eigenvalue weighted by atomic mass is 9.79. The molecule has 51 heavy (non-hydrogen) atoms. The van der Waals surface area contributed by atoms with Crippen LogP contribution < -0.4 is 10.2 Å². The molecule has 5 fully saturated rings. The van der Waals surface area contributed by atoms with Crippen LogP contribution in [0, 0.1) is 28.9 Å². The maximum atomic E-state index is 17.7.